The topological polar surface area (TPSA) is 47.0 Å². The lowest BCUT2D eigenvalue weighted by molar-refractivity contribution is 0.610. The summed E-state index contributed by atoms with van der Waals surface area (Å²) in [5.41, 5.74) is 0.811. The highest BCUT2D eigenvalue weighted by molar-refractivity contribution is 8.72. The van der Waals surface area contributed by atoms with E-state index in [4.69, 9.17) is 11.6 Å². The molecule has 1 heterocycles. The Morgan fingerprint density at radius 1 is 1.05 bits per heavy atom. The monoisotopic (exact) mass is 341 g/mol. The highest BCUT2D eigenvalue weighted by Gasteiger charge is 2.19. The molecule has 0 atom stereocenters. The lowest BCUT2D eigenvalue weighted by Gasteiger charge is -2.00. The number of halogens is 1. The largest absolute Gasteiger partial charge is 0.236 e. The van der Waals surface area contributed by atoms with Gasteiger partial charge in [0.2, 0.25) is 8.87 Å². The molecule has 0 spiro atoms. The first kappa shape index (κ1) is 13.9. The lowest BCUT2D eigenvalue weighted by Crippen LogP contribution is -1.94. The summed E-state index contributed by atoms with van der Waals surface area (Å²) >= 11 is 7.13. The summed E-state index contributed by atoms with van der Waals surface area (Å²) in [5, 5.41) is 0.508. The molecule has 3 nitrogen and oxygen atoms in total. The number of thiazole rings is 1. The van der Waals surface area contributed by atoms with E-state index in [9.17, 15) is 8.42 Å². The van der Waals surface area contributed by atoms with E-state index in [-0.39, 0.29) is 4.90 Å². The smallest absolute Gasteiger partial charge is 0.229 e. The molecular formula is C13H8ClNO2S3. The van der Waals surface area contributed by atoms with Crippen LogP contribution in [0.4, 0.5) is 0 Å². The minimum atomic E-state index is -3.47. The zero-order chi connectivity index (χ0) is 14.2. The second kappa shape index (κ2) is 5.37. The molecule has 0 N–H and O–H groups in total. The molecule has 0 radical (unpaired) electrons. The van der Waals surface area contributed by atoms with Crippen molar-refractivity contribution in [3.8, 4) is 0 Å². The number of para-hydroxylation sites is 1. The van der Waals surface area contributed by atoms with E-state index in [2.05, 4.69) is 4.98 Å². The summed E-state index contributed by atoms with van der Waals surface area (Å²) in [6, 6.07) is 13.7. The maximum atomic E-state index is 12.3. The fourth-order valence-corrected chi connectivity index (χ4v) is 6.16. The summed E-state index contributed by atoms with van der Waals surface area (Å²) in [6.07, 6.45) is 0. The van der Waals surface area contributed by atoms with Crippen LogP contribution in [0.3, 0.4) is 0 Å². The average molecular weight is 342 g/mol. The zero-order valence-corrected chi connectivity index (χ0v) is 13.2. The van der Waals surface area contributed by atoms with Crippen molar-refractivity contribution in [2.45, 2.75) is 9.24 Å². The number of aromatic nitrogens is 1. The van der Waals surface area contributed by atoms with Crippen LogP contribution in [0, 0.1) is 0 Å². The maximum absolute atomic E-state index is 12.3. The molecule has 0 bridgehead atoms. The number of benzene rings is 2. The molecule has 0 aliphatic rings. The van der Waals surface area contributed by atoms with Gasteiger partial charge in [0.25, 0.3) is 0 Å². The Kier molecular flexibility index (Phi) is 3.72. The van der Waals surface area contributed by atoms with E-state index in [1.54, 1.807) is 12.1 Å². The van der Waals surface area contributed by atoms with Gasteiger partial charge < -0.3 is 0 Å². The standard InChI is InChI=1S/C13H8ClNO2S3/c14-9-5-7-10(8-6-9)20(16,17)19-13-15-11-3-1-2-4-12(11)18-13/h1-8H. The Labute approximate surface area is 128 Å². The van der Waals surface area contributed by atoms with E-state index in [1.807, 2.05) is 24.3 Å². The van der Waals surface area contributed by atoms with Crippen LogP contribution < -0.4 is 0 Å². The highest BCUT2D eigenvalue weighted by atomic mass is 35.5. The Balaban J connectivity index is 1.94. The summed E-state index contributed by atoms with van der Waals surface area (Å²) in [7, 11) is -2.70. The van der Waals surface area contributed by atoms with Crippen molar-refractivity contribution in [2.24, 2.45) is 0 Å². The lowest BCUT2D eigenvalue weighted by atomic mass is 10.3. The molecule has 3 rings (SSSR count). The van der Waals surface area contributed by atoms with Gasteiger partial charge in [-0.25, -0.2) is 13.4 Å². The van der Waals surface area contributed by atoms with Gasteiger partial charge in [-0.05, 0) is 36.4 Å². The Morgan fingerprint density at radius 2 is 1.75 bits per heavy atom. The SMILES string of the molecule is O=S(=O)(Sc1nc2ccccc2s1)c1ccc(Cl)cc1. The van der Waals surface area contributed by atoms with Gasteiger partial charge in [0.15, 0.2) is 4.34 Å². The van der Waals surface area contributed by atoms with E-state index >= 15 is 0 Å². The molecule has 0 fully saturated rings. The van der Waals surface area contributed by atoms with Crippen molar-refractivity contribution in [1.82, 2.24) is 4.98 Å². The number of rotatable bonds is 3. The average Bonchev–Trinajstić information content (AvgIpc) is 2.80. The molecule has 0 unspecified atom stereocenters. The minimum Gasteiger partial charge on any atom is -0.229 e. The van der Waals surface area contributed by atoms with Crippen molar-refractivity contribution in [1.29, 1.82) is 0 Å². The van der Waals surface area contributed by atoms with Crippen LogP contribution in [0.25, 0.3) is 10.2 Å². The third-order valence-electron chi connectivity index (χ3n) is 2.56. The molecular weight excluding hydrogens is 334 g/mol. The van der Waals surface area contributed by atoms with Crippen LogP contribution >= 0.6 is 33.7 Å². The van der Waals surface area contributed by atoms with Gasteiger partial charge in [-0.1, -0.05) is 23.7 Å². The van der Waals surface area contributed by atoms with Crippen LogP contribution in [0.1, 0.15) is 0 Å². The Morgan fingerprint density at radius 3 is 2.45 bits per heavy atom. The Bertz CT molecular complexity index is 824. The van der Waals surface area contributed by atoms with Gasteiger partial charge in [-0.3, -0.25) is 0 Å². The first-order chi connectivity index (χ1) is 9.54. The fourth-order valence-electron chi connectivity index (χ4n) is 1.63. The van der Waals surface area contributed by atoms with E-state index in [1.165, 1.54) is 23.5 Å². The minimum absolute atomic E-state index is 0.228. The van der Waals surface area contributed by atoms with E-state index in [0.717, 1.165) is 21.0 Å². The molecule has 20 heavy (non-hydrogen) atoms. The van der Waals surface area contributed by atoms with Crippen LogP contribution in [0.15, 0.2) is 57.8 Å². The number of nitrogens with zero attached hydrogens (tertiary/aromatic N) is 1. The van der Waals surface area contributed by atoms with Gasteiger partial charge >= 0.3 is 0 Å². The predicted molar refractivity (Wildman–Crippen MR) is 84.1 cm³/mol. The fraction of sp³-hybridized carbons (Fsp3) is 0. The molecule has 0 aliphatic heterocycles. The molecule has 2 aromatic carbocycles. The third kappa shape index (κ3) is 2.83. The predicted octanol–water partition coefficient (Wildman–Crippen LogP) is 4.43. The van der Waals surface area contributed by atoms with Gasteiger partial charge in [0, 0.05) is 15.8 Å². The van der Waals surface area contributed by atoms with Gasteiger partial charge in [-0.15, -0.1) is 11.3 Å². The summed E-state index contributed by atoms with van der Waals surface area (Å²) in [6.45, 7) is 0. The molecule has 102 valence electrons. The quantitative estimate of drug-likeness (QED) is 0.661. The van der Waals surface area contributed by atoms with E-state index in [0.29, 0.717) is 9.36 Å². The number of hydrogen-bond acceptors (Lipinski definition) is 5. The van der Waals surface area contributed by atoms with Gasteiger partial charge in [-0.2, -0.15) is 0 Å². The number of fused-ring (bicyclic) bond motifs is 1. The van der Waals surface area contributed by atoms with Gasteiger partial charge in [0.05, 0.1) is 15.1 Å². The first-order valence-corrected chi connectivity index (χ1v) is 9.61. The van der Waals surface area contributed by atoms with Crippen LogP contribution in [0.2, 0.25) is 5.02 Å². The molecule has 0 aliphatic carbocycles. The summed E-state index contributed by atoms with van der Waals surface area (Å²) in [4.78, 5) is 4.55. The molecule has 7 heteroatoms. The highest BCUT2D eigenvalue weighted by Crippen LogP contribution is 2.36. The van der Waals surface area contributed by atoms with Crippen molar-refractivity contribution in [3.63, 3.8) is 0 Å². The van der Waals surface area contributed by atoms with Crippen molar-refractivity contribution in [2.75, 3.05) is 0 Å². The zero-order valence-electron chi connectivity index (χ0n) is 9.99. The van der Waals surface area contributed by atoms with Crippen LogP contribution in [0.5, 0.6) is 0 Å². The summed E-state index contributed by atoms with van der Waals surface area (Å²) < 4.78 is 26.0. The third-order valence-corrected chi connectivity index (χ3v) is 7.47. The van der Waals surface area contributed by atoms with Crippen LogP contribution in [-0.2, 0) is 8.87 Å². The van der Waals surface area contributed by atoms with Gasteiger partial charge in [0.1, 0.15) is 0 Å². The maximum Gasteiger partial charge on any atom is 0.236 e. The number of hydrogen-bond donors (Lipinski definition) is 0. The second-order valence-corrected chi connectivity index (χ2v) is 9.41. The Hall–Kier alpha value is -1.08. The van der Waals surface area contributed by atoms with E-state index < -0.39 is 8.87 Å². The summed E-state index contributed by atoms with van der Waals surface area (Å²) in [5.74, 6) is 0. The molecule has 0 amide bonds. The molecule has 1 aromatic heterocycles. The normalized spacial score (nSPS) is 11.8. The van der Waals surface area contributed by atoms with Crippen molar-refractivity contribution in [3.05, 3.63) is 53.6 Å². The van der Waals surface area contributed by atoms with Crippen molar-refractivity contribution < 1.29 is 8.42 Å². The van der Waals surface area contributed by atoms with Crippen LogP contribution in [-0.4, -0.2) is 13.4 Å². The molecule has 0 saturated heterocycles. The van der Waals surface area contributed by atoms with Crippen molar-refractivity contribution >= 4 is 52.8 Å². The molecule has 0 saturated carbocycles. The second-order valence-electron chi connectivity index (χ2n) is 3.94. The first-order valence-electron chi connectivity index (χ1n) is 5.60. The molecule has 3 aromatic rings.